The van der Waals surface area contributed by atoms with Gasteiger partial charge in [-0.05, 0) is 19.8 Å². The second-order valence-electron chi connectivity index (χ2n) is 3.76. The van der Waals surface area contributed by atoms with Gasteiger partial charge in [-0.15, -0.1) is 0 Å². The molecule has 0 aliphatic carbocycles. The van der Waals surface area contributed by atoms with Crippen molar-refractivity contribution in [2.45, 2.75) is 26.9 Å². The van der Waals surface area contributed by atoms with Gasteiger partial charge in [-0.1, -0.05) is 6.92 Å². The van der Waals surface area contributed by atoms with Gasteiger partial charge in [-0.25, -0.2) is 4.79 Å². The molecular weight excluding hydrogens is 212 g/mol. The quantitative estimate of drug-likeness (QED) is 0.667. The first-order chi connectivity index (χ1) is 7.61. The van der Waals surface area contributed by atoms with Crippen LogP contribution in [0.4, 0.5) is 0 Å². The van der Waals surface area contributed by atoms with Gasteiger partial charge in [0.05, 0.1) is 25.7 Å². The average Bonchev–Trinajstić information content (AvgIpc) is 2.61. The summed E-state index contributed by atoms with van der Waals surface area (Å²) in [6, 6.07) is 0. The van der Waals surface area contributed by atoms with Crippen LogP contribution in [0.2, 0.25) is 0 Å². The van der Waals surface area contributed by atoms with Gasteiger partial charge in [0.2, 0.25) is 0 Å². The first kappa shape index (κ1) is 13.0. The second kappa shape index (κ2) is 5.84. The molecule has 3 atom stereocenters. The fourth-order valence-corrected chi connectivity index (χ4v) is 1.79. The highest BCUT2D eigenvalue weighted by atomic mass is 16.6. The van der Waals surface area contributed by atoms with Crippen LogP contribution in [0.3, 0.4) is 0 Å². The Morgan fingerprint density at radius 2 is 1.75 bits per heavy atom. The Kier molecular flexibility index (Phi) is 4.73. The molecule has 16 heavy (non-hydrogen) atoms. The van der Waals surface area contributed by atoms with E-state index in [9.17, 15) is 9.59 Å². The van der Waals surface area contributed by atoms with Crippen molar-refractivity contribution >= 4 is 11.9 Å². The molecule has 0 amide bonds. The molecule has 0 N–H and O–H groups in total. The van der Waals surface area contributed by atoms with E-state index in [0.717, 1.165) is 0 Å². The smallest absolute Gasteiger partial charge is 0.336 e. The van der Waals surface area contributed by atoms with Crippen LogP contribution in [-0.2, 0) is 23.8 Å². The van der Waals surface area contributed by atoms with Crippen LogP contribution in [0.15, 0.2) is 0 Å². The summed E-state index contributed by atoms with van der Waals surface area (Å²) < 4.78 is 15.1. The van der Waals surface area contributed by atoms with Crippen molar-refractivity contribution in [1.29, 1.82) is 0 Å². The van der Waals surface area contributed by atoms with Crippen molar-refractivity contribution in [3.8, 4) is 0 Å². The minimum Gasteiger partial charge on any atom is -0.466 e. The summed E-state index contributed by atoms with van der Waals surface area (Å²) in [4.78, 5) is 23.2. The topological polar surface area (TPSA) is 61.8 Å². The Morgan fingerprint density at radius 1 is 1.19 bits per heavy atom. The van der Waals surface area contributed by atoms with Gasteiger partial charge in [0.25, 0.3) is 0 Å². The van der Waals surface area contributed by atoms with Crippen LogP contribution in [0, 0.1) is 11.8 Å². The second-order valence-corrected chi connectivity index (χ2v) is 3.76. The van der Waals surface area contributed by atoms with Crippen molar-refractivity contribution in [2.24, 2.45) is 11.8 Å². The zero-order valence-corrected chi connectivity index (χ0v) is 9.89. The summed E-state index contributed by atoms with van der Waals surface area (Å²) in [5.41, 5.74) is 0. The lowest BCUT2D eigenvalue weighted by Gasteiger charge is -2.17. The van der Waals surface area contributed by atoms with E-state index in [1.807, 2.05) is 6.92 Å². The number of esters is 2. The number of carbonyl (C=O) groups is 2. The molecular formula is C11H18O5. The number of hydrogen-bond donors (Lipinski definition) is 0. The fourth-order valence-electron chi connectivity index (χ4n) is 1.79. The molecule has 0 bridgehead atoms. The van der Waals surface area contributed by atoms with Crippen LogP contribution in [0.5, 0.6) is 0 Å². The zero-order valence-electron chi connectivity index (χ0n) is 9.89. The average molecular weight is 230 g/mol. The van der Waals surface area contributed by atoms with Crippen molar-refractivity contribution in [1.82, 2.24) is 0 Å². The summed E-state index contributed by atoms with van der Waals surface area (Å²) in [7, 11) is 0. The van der Waals surface area contributed by atoms with Gasteiger partial charge in [0.1, 0.15) is 0 Å². The molecule has 1 heterocycles. The minimum atomic E-state index is -0.811. The summed E-state index contributed by atoms with van der Waals surface area (Å²) in [5.74, 6) is -1.43. The number of rotatable bonds is 4. The van der Waals surface area contributed by atoms with Gasteiger partial charge in [0.15, 0.2) is 6.10 Å². The van der Waals surface area contributed by atoms with Gasteiger partial charge in [0, 0.05) is 0 Å². The maximum absolute atomic E-state index is 11.7. The lowest BCUT2D eigenvalue weighted by molar-refractivity contribution is -0.164. The molecule has 1 rings (SSSR count). The summed E-state index contributed by atoms with van der Waals surface area (Å²) >= 11 is 0. The van der Waals surface area contributed by atoms with Crippen molar-refractivity contribution < 1.29 is 23.8 Å². The van der Waals surface area contributed by atoms with E-state index in [0.29, 0.717) is 13.2 Å². The molecule has 0 saturated carbocycles. The Hall–Kier alpha value is -1.10. The summed E-state index contributed by atoms with van der Waals surface area (Å²) in [6.45, 7) is 6.28. The Bertz CT molecular complexity index is 263. The standard InChI is InChI=1S/C11H18O5/c1-4-14-10(12)8-7(3)6-16-9(8)11(13)15-5-2/h7-9H,4-6H2,1-3H3/t7-,8-,9-/m1/s1. The maximum Gasteiger partial charge on any atom is 0.336 e. The molecule has 1 aliphatic rings. The van der Waals surface area contributed by atoms with Gasteiger partial charge in [-0.2, -0.15) is 0 Å². The molecule has 0 radical (unpaired) electrons. The lowest BCUT2D eigenvalue weighted by Crippen LogP contribution is -2.36. The van der Waals surface area contributed by atoms with Crippen LogP contribution in [0.25, 0.3) is 0 Å². The summed E-state index contributed by atoms with van der Waals surface area (Å²) in [6.07, 6.45) is -0.811. The normalized spacial score (nSPS) is 28.8. The van der Waals surface area contributed by atoms with Gasteiger partial charge >= 0.3 is 11.9 Å². The molecule has 92 valence electrons. The van der Waals surface area contributed by atoms with E-state index in [4.69, 9.17) is 14.2 Å². The molecule has 1 aliphatic heterocycles. The van der Waals surface area contributed by atoms with Crippen molar-refractivity contribution in [3.63, 3.8) is 0 Å². The monoisotopic (exact) mass is 230 g/mol. The zero-order chi connectivity index (χ0) is 12.1. The number of hydrogen-bond acceptors (Lipinski definition) is 5. The first-order valence-corrected chi connectivity index (χ1v) is 5.56. The predicted octanol–water partition coefficient (Wildman–Crippen LogP) is 0.764. The Labute approximate surface area is 95.0 Å². The van der Waals surface area contributed by atoms with E-state index >= 15 is 0 Å². The minimum absolute atomic E-state index is 0.0199. The van der Waals surface area contributed by atoms with E-state index in [1.165, 1.54) is 0 Å². The van der Waals surface area contributed by atoms with E-state index < -0.39 is 18.0 Å². The third-order valence-corrected chi connectivity index (χ3v) is 2.56. The Morgan fingerprint density at radius 3 is 2.31 bits per heavy atom. The van der Waals surface area contributed by atoms with E-state index in [2.05, 4.69) is 0 Å². The number of ether oxygens (including phenoxy) is 3. The molecule has 5 heteroatoms. The highest BCUT2D eigenvalue weighted by Gasteiger charge is 2.45. The lowest BCUT2D eigenvalue weighted by atomic mass is 9.92. The van der Waals surface area contributed by atoms with E-state index in [1.54, 1.807) is 13.8 Å². The first-order valence-electron chi connectivity index (χ1n) is 5.56. The number of carbonyl (C=O) groups excluding carboxylic acids is 2. The SMILES string of the molecule is CCOC(=O)[C@@H]1[C@H](C)CO[C@H]1C(=O)OCC. The molecule has 1 fully saturated rings. The highest BCUT2D eigenvalue weighted by Crippen LogP contribution is 2.28. The van der Waals surface area contributed by atoms with Crippen molar-refractivity contribution in [3.05, 3.63) is 0 Å². The highest BCUT2D eigenvalue weighted by molar-refractivity contribution is 5.84. The van der Waals surface area contributed by atoms with Crippen LogP contribution in [-0.4, -0.2) is 37.9 Å². The third-order valence-electron chi connectivity index (χ3n) is 2.56. The van der Waals surface area contributed by atoms with Gasteiger partial charge < -0.3 is 14.2 Å². The predicted molar refractivity (Wildman–Crippen MR) is 55.7 cm³/mol. The Balaban J connectivity index is 2.69. The van der Waals surface area contributed by atoms with Crippen LogP contribution in [0.1, 0.15) is 20.8 Å². The maximum atomic E-state index is 11.7. The fraction of sp³-hybridized carbons (Fsp3) is 0.818. The van der Waals surface area contributed by atoms with Crippen LogP contribution < -0.4 is 0 Å². The molecule has 0 aromatic rings. The molecule has 0 unspecified atom stereocenters. The molecule has 5 nitrogen and oxygen atoms in total. The van der Waals surface area contributed by atoms with E-state index in [-0.39, 0.29) is 18.5 Å². The summed E-state index contributed by atoms with van der Waals surface area (Å²) in [5, 5.41) is 0. The third kappa shape index (κ3) is 2.72. The molecule has 0 aromatic heterocycles. The largest absolute Gasteiger partial charge is 0.466 e. The molecule has 0 aromatic carbocycles. The van der Waals surface area contributed by atoms with Crippen LogP contribution >= 0.6 is 0 Å². The molecule has 0 spiro atoms. The molecule has 1 saturated heterocycles. The van der Waals surface area contributed by atoms with Crippen molar-refractivity contribution in [2.75, 3.05) is 19.8 Å². The van der Waals surface area contributed by atoms with Gasteiger partial charge in [-0.3, -0.25) is 4.79 Å².